The van der Waals surface area contributed by atoms with Gasteiger partial charge < -0.3 is 18.7 Å². The van der Waals surface area contributed by atoms with Crippen molar-refractivity contribution in [1.82, 2.24) is 19.9 Å². The minimum absolute atomic E-state index is 0.0664. The Morgan fingerprint density at radius 1 is 1.15 bits per heavy atom. The van der Waals surface area contributed by atoms with Crippen LogP contribution in [-0.2, 0) is 11.3 Å². The van der Waals surface area contributed by atoms with Gasteiger partial charge >= 0.3 is 5.97 Å². The summed E-state index contributed by atoms with van der Waals surface area (Å²) < 4.78 is 24.0. The van der Waals surface area contributed by atoms with E-state index in [1.807, 2.05) is 39.0 Å². The highest BCUT2D eigenvalue weighted by atomic mass is 16.6. The first-order valence-corrected chi connectivity index (χ1v) is 10.8. The van der Waals surface area contributed by atoms with Gasteiger partial charge in [0.05, 0.1) is 34.1 Å². The van der Waals surface area contributed by atoms with Crippen molar-refractivity contribution in [3.05, 3.63) is 53.0 Å². The molecule has 0 amide bonds. The van der Waals surface area contributed by atoms with Crippen molar-refractivity contribution in [2.75, 3.05) is 13.2 Å². The van der Waals surface area contributed by atoms with Crippen LogP contribution in [0.1, 0.15) is 47.3 Å². The van der Waals surface area contributed by atoms with Crippen molar-refractivity contribution in [2.45, 2.75) is 40.3 Å². The van der Waals surface area contributed by atoms with Crippen molar-refractivity contribution < 1.29 is 23.5 Å². The van der Waals surface area contributed by atoms with E-state index in [0.717, 1.165) is 11.1 Å². The van der Waals surface area contributed by atoms with Gasteiger partial charge in [-0.25, -0.2) is 14.5 Å². The van der Waals surface area contributed by atoms with Crippen LogP contribution >= 0.6 is 0 Å². The van der Waals surface area contributed by atoms with Gasteiger partial charge in [0.15, 0.2) is 17.1 Å². The van der Waals surface area contributed by atoms with Gasteiger partial charge in [-0.15, -0.1) is 0 Å². The first-order chi connectivity index (χ1) is 15.9. The summed E-state index contributed by atoms with van der Waals surface area (Å²) in [5.41, 5.74) is 3.89. The lowest BCUT2D eigenvalue weighted by Crippen LogP contribution is -2.15. The number of hydrogen-bond acceptors (Lipinski definition) is 8. The van der Waals surface area contributed by atoms with Gasteiger partial charge in [-0.1, -0.05) is 5.16 Å². The molecule has 0 saturated carbocycles. The van der Waals surface area contributed by atoms with Crippen molar-refractivity contribution in [3.8, 4) is 22.8 Å². The number of carbonyl (C=O) groups is 1. The molecule has 0 atom stereocenters. The van der Waals surface area contributed by atoms with Crippen LogP contribution in [0.4, 0.5) is 0 Å². The highest BCUT2D eigenvalue weighted by molar-refractivity contribution is 6.03. The van der Waals surface area contributed by atoms with Crippen LogP contribution in [0.5, 0.6) is 11.5 Å². The Hall–Kier alpha value is -3.88. The molecule has 0 N–H and O–H groups in total. The standard InChI is InChI=1S/C24H24N4O5/c1-13(2)28-23-18(11-25-28)17(24(29)32-12-19-14(3)27-33-15(19)4)10-20(26-23)16-5-6-21-22(9-16)31-8-7-30-21/h5-6,9-11,13H,7-8,12H2,1-4H3. The van der Waals surface area contributed by atoms with E-state index >= 15 is 0 Å². The molecule has 4 aromatic rings. The van der Waals surface area contributed by atoms with E-state index in [2.05, 4.69) is 10.3 Å². The maximum Gasteiger partial charge on any atom is 0.339 e. The molecule has 0 saturated heterocycles. The van der Waals surface area contributed by atoms with E-state index in [-0.39, 0.29) is 12.6 Å². The van der Waals surface area contributed by atoms with E-state index in [9.17, 15) is 4.79 Å². The largest absolute Gasteiger partial charge is 0.486 e. The third-order valence-electron chi connectivity index (χ3n) is 5.64. The molecule has 0 radical (unpaired) electrons. The zero-order valence-electron chi connectivity index (χ0n) is 18.9. The molecule has 9 nitrogen and oxygen atoms in total. The van der Waals surface area contributed by atoms with Crippen LogP contribution < -0.4 is 9.47 Å². The van der Waals surface area contributed by atoms with Crippen LogP contribution in [0, 0.1) is 13.8 Å². The van der Waals surface area contributed by atoms with Crippen molar-refractivity contribution >= 4 is 17.0 Å². The van der Waals surface area contributed by atoms with Gasteiger partial charge in [-0.05, 0) is 52.0 Å². The molecule has 1 aliphatic rings. The Balaban J connectivity index is 1.57. The van der Waals surface area contributed by atoms with Crippen LogP contribution in [0.2, 0.25) is 0 Å². The van der Waals surface area contributed by atoms with Crippen LogP contribution in [0.25, 0.3) is 22.3 Å². The van der Waals surface area contributed by atoms with Gasteiger partial charge in [0.25, 0.3) is 0 Å². The van der Waals surface area contributed by atoms with Crippen molar-refractivity contribution in [2.24, 2.45) is 0 Å². The average Bonchev–Trinajstić information content (AvgIpc) is 3.39. The second-order valence-electron chi connectivity index (χ2n) is 8.21. The number of fused-ring (bicyclic) bond motifs is 2. The van der Waals surface area contributed by atoms with Gasteiger partial charge in [0.1, 0.15) is 25.6 Å². The minimum Gasteiger partial charge on any atom is -0.486 e. The molecule has 5 rings (SSSR count). The van der Waals surface area contributed by atoms with Crippen molar-refractivity contribution in [1.29, 1.82) is 0 Å². The molecule has 0 fully saturated rings. The number of benzene rings is 1. The second-order valence-corrected chi connectivity index (χ2v) is 8.21. The molecule has 9 heteroatoms. The zero-order valence-corrected chi connectivity index (χ0v) is 18.9. The maximum atomic E-state index is 13.2. The topological polar surface area (TPSA) is 102 Å². The average molecular weight is 448 g/mol. The van der Waals surface area contributed by atoms with Gasteiger partial charge in [-0.2, -0.15) is 5.10 Å². The second kappa shape index (κ2) is 8.23. The Bertz CT molecular complexity index is 1340. The van der Waals surface area contributed by atoms with Crippen LogP contribution in [0.15, 0.2) is 35.0 Å². The molecule has 33 heavy (non-hydrogen) atoms. The molecule has 0 spiro atoms. The number of ether oxygens (including phenoxy) is 3. The molecule has 0 unspecified atom stereocenters. The fraction of sp³-hybridized carbons (Fsp3) is 0.333. The number of aromatic nitrogens is 4. The molecular weight excluding hydrogens is 424 g/mol. The summed E-state index contributed by atoms with van der Waals surface area (Å²) in [5.74, 6) is 1.51. The quantitative estimate of drug-likeness (QED) is 0.414. The number of pyridine rings is 1. The number of esters is 1. The highest BCUT2D eigenvalue weighted by Gasteiger charge is 2.22. The molecular formula is C24H24N4O5. The number of rotatable bonds is 5. The highest BCUT2D eigenvalue weighted by Crippen LogP contribution is 2.35. The Morgan fingerprint density at radius 3 is 2.67 bits per heavy atom. The smallest absolute Gasteiger partial charge is 0.339 e. The first-order valence-electron chi connectivity index (χ1n) is 10.8. The molecule has 0 bridgehead atoms. The summed E-state index contributed by atoms with van der Waals surface area (Å²) in [6.45, 7) is 8.72. The van der Waals surface area contributed by atoms with E-state index in [0.29, 0.717) is 58.5 Å². The molecule has 0 aliphatic carbocycles. The zero-order chi connectivity index (χ0) is 23.1. The van der Waals surface area contributed by atoms with E-state index < -0.39 is 5.97 Å². The van der Waals surface area contributed by atoms with Gasteiger partial charge in [0, 0.05) is 11.6 Å². The normalized spacial score (nSPS) is 13.0. The van der Waals surface area contributed by atoms with Gasteiger partial charge in [-0.3, -0.25) is 0 Å². The molecule has 3 aromatic heterocycles. The summed E-state index contributed by atoms with van der Waals surface area (Å²) >= 11 is 0. The Labute approximate surface area is 190 Å². The number of nitrogens with zero attached hydrogens (tertiary/aromatic N) is 4. The van der Waals surface area contributed by atoms with Gasteiger partial charge in [0.2, 0.25) is 0 Å². The van der Waals surface area contributed by atoms with Crippen LogP contribution in [-0.4, -0.2) is 39.1 Å². The molecule has 1 aromatic carbocycles. The van der Waals surface area contributed by atoms with Crippen LogP contribution in [0.3, 0.4) is 0 Å². The predicted octanol–water partition coefficient (Wildman–Crippen LogP) is 4.41. The predicted molar refractivity (Wildman–Crippen MR) is 119 cm³/mol. The van der Waals surface area contributed by atoms with E-state index in [1.54, 1.807) is 23.9 Å². The lowest BCUT2D eigenvalue weighted by Gasteiger charge is -2.19. The fourth-order valence-corrected chi connectivity index (χ4v) is 3.84. The summed E-state index contributed by atoms with van der Waals surface area (Å²) in [5, 5.41) is 9.01. The Kier molecular flexibility index (Phi) is 5.24. The van der Waals surface area contributed by atoms with E-state index in [4.69, 9.17) is 23.7 Å². The third-order valence-corrected chi connectivity index (χ3v) is 5.64. The number of carbonyl (C=O) groups excluding carboxylic acids is 1. The number of aryl methyl sites for hydroxylation is 2. The summed E-state index contributed by atoms with van der Waals surface area (Å²) in [6, 6.07) is 7.42. The summed E-state index contributed by atoms with van der Waals surface area (Å²) in [7, 11) is 0. The fourth-order valence-electron chi connectivity index (χ4n) is 3.84. The monoisotopic (exact) mass is 448 g/mol. The maximum absolute atomic E-state index is 13.2. The third kappa shape index (κ3) is 3.79. The molecule has 170 valence electrons. The Morgan fingerprint density at radius 2 is 1.94 bits per heavy atom. The lowest BCUT2D eigenvalue weighted by molar-refractivity contribution is 0.0473. The van der Waals surface area contributed by atoms with E-state index in [1.165, 1.54) is 0 Å². The lowest BCUT2D eigenvalue weighted by atomic mass is 10.1. The first kappa shape index (κ1) is 21.0. The summed E-state index contributed by atoms with van der Waals surface area (Å²) in [4.78, 5) is 18.0. The molecule has 4 heterocycles. The SMILES string of the molecule is Cc1noc(C)c1COC(=O)c1cc(-c2ccc3c(c2)OCCO3)nc2c1cnn2C(C)C. The number of hydrogen-bond donors (Lipinski definition) is 0. The van der Waals surface area contributed by atoms with Crippen molar-refractivity contribution in [3.63, 3.8) is 0 Å². The minimum atomic E-state index is -0.468. The summed E-state index contributed by atoms with van der Waals surface area (Å²) in [6.07, 6.45) is 1.66. The molecule has 1 aliphatic heterocycles.